The molecule has 0 unspecified atom stereocenters. The average Bonchev–Trinajstić information content (AvgIpc) is 3.13. The summed E-state index contributed by atoms with van der Waals surface area (Å²) in [6.07, 6.45) is 1.75. The summed E-state index contributed by atoms with van der Waals surface area (Å²) in [6.45, 7) is 6.75. The summed E-state index contributed by atoms with van der Waals surface area (Å²) in [5.74, 6) is 0.661. The van der Waals surface area contributed by atoms with Crippen LogP contribution in [0.15, 0.2) is 54.7 Å². The SMILES string of the molecule is Cc1nc2c(cnn2C(C)C)cc1C(=O)NCCOc1cccc2ccccc12. The molecule has 2 heterocycles. The van der Waals surface area contributed by atoms with Crippen LogP contribution in [0, 0.1) is 6.92 Å². The Hall–Kier alpha value is -3.41. The molecule has 0 aliphatic rings. The van der Waals surface area contributed by atoms with Gasteiger partial charge in [0, 0.05) is 16.8 Å². The summed E-state index contributed by atoms with van der Waals surface area (Å²) in [5.41, 5.74) is 2.05. The molecule has 2 aromatic carbocycles. The fourth-order valence-electron chi connectivity index (χ4n) is 3.42. The highest BCUT2D eigenvalue weighted by Crippen LogP contribution is 2.25. The third-order valence-electron chi connectivity index (χ3n) is 4.89. The second-order valence-corrected chi connectivity index (χ2v) is 7.30. The van der Waals surface area contributed by atoms with E-state index < -0.39 is 0 Å². The first kappa shape index (κ1) is 18.9. The maximum absolute atomic E-state index is 12.6. The quantitative estimate of drug-likeness (QED) is 0.501. The number of ether oxygens (including phenoxy) is 1. The lowest BCUT2D eigenvalue weighted by molar-refractivity contribution is 0.0946. The van der Waals surface area contributed by atoms with Crippen molar-refractivity contribution in [3.8, 4) is 5.75 Å². The van der Waals surface area contributed by atoms with Crippen molar-refractivity contribution in [1.82, 2.24) is 20.1 Å². The summed E-state index contributed by atoms with van der Waals surface area (Å²) < 4.78 is 7.76. The van der Waals surface area contributed by atoms with Crippen molar-refractivity contribution in [2.24, 2.45) is 0 Å². The van der Waals surface area contributed by atoms with Crippen molar-refractivity contribution in [2.75, 3.05) is 13.2 Å². The number of nitrogens with zero attached hydrogens (tertiary/aromatic N) is 3. The molecule has 6 nitrogen and oxygen atoms in total. The number of aromatic nitrogens is 3. The van der Waals surface area contributed by atoms with Gasteiger partial charge in [0.2, 0.25) is 0 Å². The highest BCUT2D eigenvalue weighted by Gasteiger charge is 2.15. The van der Waals surface area contributed by atoms with Crippen LogP contribution in [0.25, 0.3) is 21.8 Å². The molecule has 1 N–H and O–H groups in total. The van der Waals surface area contributed by atoms with Gasteiger partial charge in [0.25, 0.3) is 5.91 Å². The monoisotopic (exact) mass is 388 g/mol. The summed E-state index contributed by atoms with van der Waals surface area (Å²) >= 11 is 0. The number of fused-ring (bicyclic) bond motifs is 2. The van der Waals surface area contributed by atoms with E-state index in [0.717, 1.165) is 27.6 Å². The number of nitrogens with one attached hydrogen (secondary N) is 1. The van der Waals surface area contributed by atoms with E-state index in [1.165, 1.54) is 0 Å². The van der Waals surface area contributed by atoms with Gasteiger partial charge in [0.15, 0.2) is 5.65 Å². The van der Waals surface area contributed by atoms with Crippen molar-refractivity contribution < 1.29 is 9.53 Å². The van der Waals surface area contributed by atoms with E-state index in [1.54, 1.807) is 6.20 Å². The second kappa shape index (κ2) is 7.91. The van der Waals surface area contributed by atoms with Gasteiger partial charge in [-0.05, 0) is 38.3 Å². The Morgan fingerprint density at radius 1 is 1.14 bits per heavy atom. The number of benzene rings is 2. The summed E-state index contributed by atoms with van der Waals surface area (Å²) in [4.78, 5) is 17.2. The van der Waals surface area contributed by atoms with Crippen LogP contribution in [0.1, 0.15) is 35.9 Å². The van der Waals surface area contributed by atoms with E-state index in [0.29, 0.717) is 24.4 Å². The molecule has 4 aromatic rings. The third kappa shape index (κ3) is 3.78. The molecule has 29 heavy (non-hydrogen) atoms. The molecule has 1 amide bonds. The highest BCUT2D eigenvalue weighted by molar-refractivity contribution is 5.98. The molecular formula is C23H24N4O2. The van der Waals surface area contributed by atoms with Gasteiger partial charge in [-0.15, -0.1) is 0 Å². The largest absolute Gasteiger partial charge is 0.491 e. The van der Waals surface area contributed by atoms with Crippen molar-refractivity contribution in [3.05, 3.63) is 66.0 Å². The van der Waals surface area contributed by atoms with Crippen LogP contribution in [0.4, 0.5) is 0 Å². The molecular weight excluding hydrogens is 364 g/mol. The first-order valence-electron chi connectivity index (χ1n) is 9.78. The normalized spacial score (nSPS) is 11.3. The first-order chi connectivity index (χ1) is 14.0. The molecule has 6 heteroatoms. The molecule has 2 aromatic heterocycles. The molecule has 0 aliphatic heterocycles. The minimum Gasteiger partial charge on any atom is -0.491 e. The highest BCUT2D eigenvalue weighted by atomic mass is 16.5. The van der Waals surface area contributed by atoms with Crippen LogP contribution in [0.5, 0.6) is 5.75 Å². The molecule has 4 rings (SSSR count). The van der Waals surface area contributed by atoms with E-state index >= 15 is 0 Å². The number of amides is 1. The molecule has 0 aliphatic carbocycles. The molecule has 0 atom stereocenters. The van der Waals surface area contributed by atoms with Gasteiger partial charge in [0.1, 0.15) is 12.4 Å². The maximum atomic E-state index is 12.6. The Kier molecular flexibility index (Phi) is 5.16. The van der Waals surface area contributed by atoms with Crippen LogP contribution in [-0.4, -0.2) is 33.8 Å². The van der Waals surface area contributed by atoms with Gasteiger partial charge >= 0.3 is 0 Å². The zero-order chi connectivity index (χ0) is 20.4. The lowest BCUT2D eigenvalue weighted by Gasteiger charge is -2.11. The number of hydrogen-bond acceptors (Lipinski definition) is 4. The standard InChI is InChI=1S/C23H24N4O2/c1-15(2)27-22-18(14-25-27)13-20(16(3)26-22)23(28)24-11-12-29-21-10-6-8-17-7-4-5-9-19(17)21/h4-10,13-15H,11-12H2,1-3H3,(H,24,28). The number of pyridine rings is 1. The number of aryl methyl sites for hydroxylation is 1. The maximum Gasteiger partial charge on any atom is 0.253 e. The van der Waals surface area contributed by atoms with Gasteiger partial charge in [-0.1, -0.05) is 36.4 Å². The predicted molar refractivity (Wildman–Crippen MR) is 114 cm³/mol. The van der Waals surface area contributed by atoms with Gasteiger partial charge in [-0.3, -0.25) is 4.79 Å². The lowest BCUT2D eigenvalue weighted by Crippen LogP contribution is -2.29. The Balaban J connectivity index is 1.41. The molecule has 0 fully saturated rings. The molecule has 0 radical (unpaired) electrons. The van der Waals surface area contributed by atoms with E-state index in [-0.39, 0.29) is 11.9 Å². The summed E-state index contributed by atoms with van der Waals surface area (Å²) in [5, 5.41) is 10.4. The van der Waals surface area contributed by atoms with E-state index in [9.17, 15) is 4.79 Å². The molecule has 0 bridgehead atoms. The molecule has 0 saturated carbocycles. The van der Waals surface area contributed by atoms with Gasteiger partial charge < -0.3 is 10.1 Å². The van der Waals surface area contributed by atoms with Crippen molar-refractivity contribution in [3.63, 3.8) is 0 Å². The number of hydrogen-bond donors (Lipinski definition) is 1. The Labute approximate surface area is 169 Å². The number of rotatable bonds is 6. The zero-order valence-corrected chi connectivity index (χ0v) is 16.8. The Morgan fingerprint density at radius 3 is 2.76 bits per heavy atom. The minimum atomic E-state index is -0.157. The van der Waals surface area contributed by atoms with Crippen LogP contribution in [0.3, 0.4) is 0 Å². The van der Waals surface area contributed by atoms with E-state index in [4.69, 9.17) is 4.74 Å². The number of carbonyl (C=O) groups is 1. The van der Waals surface area contributed by atoms with Gasteiger partial charge in [-0.2, -0.15) is 5.10 Å². The van der Waals surface area contributed by atoms with Gasteiger partial charge in [-0.25, -0.2) is 9.67 Å². The Bertz CT molecular complexity index is 1170. The van der Waals surface area contributed by atoms with Crippen LogP contribution in [0.2, 0.25) is 0 Å². The van der Waals surface area contributed by atoms with Crippen molar-refractivity contribution in [2.45, 2.75) is 26.8 Å². The number of carbonyl (C=O) groups excluding carboxylic acids is 1. The topological polar surface area (TPSA) is 69.0 Å². The van der Waals surface area contributed by atoms with Gasteiger partial charge in [0.05, 0.1) is 24.0 Å². The van der Waals surface area contributed by atoms with E-state index in [1.807, 2.05) is 48.0 Å². The van der Waals surface area contributed by atoms with Crippen LogP contribution in [-0.2, 0) is 0 Å². The fourth-order valence-corrected chi connectivity index (χ4v) is 3.42. The van der Waals surface area contributed by atoms with Crippen molar-refractivity contribution in [1.29, 1.82) is 0 Å². The summed E-state index contributed by atoms with van der Waals surface area (Å²) in [6, 6.07) is 16.1. The third-order valence-corrected chi connectivity index (χ3v) is 4.89. The molecule has 0 spiro atoms. The van der Waals surface area contributed by atoms with Crippen LogP contribution < -0.4 is 10.1 Å². The average molecular weight is 388 g/mol. The second-order valence-electron chi connectivity index (χ2n) is 7.30. The first-order valence-corrected chi connectivity index (χ1v) is 9.78. The minimum absolute atomic E-state index is 0.157. The summed E-state index contributed by atoms with van der Waals surface area (Å²) in [7, 11) is 0. The van der Waals surface area contributed by atoms with E-state index in [2.05, 4.69) is 41.4 Å². The van der Waals surface area contributed by atoms with Crippen molar-refractivity contribution >= 4 is 27.7 Å². The Morgan fingerprint density at radius 2 is 1.93 bits per heavy atom. The lowest BCUT2D eigenvalue weighted by atomic mass is 10.1. The smallest absolute Gasteiger partial charge is 0.253 e. The molecule has 148 valence electrons. The predicted octanol–water partition coefficient (Wildman–Crippen LogP) is 4.28. The fraction of sp³-hybridized carbons (Fsp3) is 0.261. The zero-order valence-electron chi connectivity index (χ0n) is 16.8. The molecule has 0 saturated heterocycles. The van der Waals surface area contributed by atoms with Crippen LogP contribution >= 0.6 is 0 Å².